The zero-order valence-corrected chi connectivity index (χ0v) is 14.6. The molecule has 6 aromatic rings. The Morgan fingerprint density at radius 3 is 1.81 bits per heavy atom. The molecule has 0 saturated carbocycles. The van der Waals surface area contributed by atoms with Crippen molar-refractivity contribution in [3.8, 4) is 11.1 Å². The van der Waals surface area contributed by atoms with E-state index >= 15 is 0 Å². The molecule has 0 unspecified atom stereocenters. The summed E-state index contributed by atoms with van der Waals surface area (Å²) in [4.78, 5) is 0. The molecule has 0 aliphatic heterocycles. The molecule has 0 aliphatic carbocycles. The van der Waals surface area contributed by atoms with Gasteiger partial charge in [0.15, 0.2) is 0 Å². The van der Waals surface area contributed by atoms with Crippen molar-refractivity contribution in [2.75, 3.05) is 0 Å². The van der Waals surface area contributed by atoms with Gasteiger partial charge in [-0.1, -0.05) is 84.9 Å². The summed E-state index contributed by atoms with van der Waals surface area (Å²) in [6.07, 6.45) is 0. The number of rotatable bonds is 1. The molecular formula is C26H16O. The summed E-state index contributed by atoms with van der Waals surface area (Å²) in [6.45, 7) is 0. The molecule has 0 amide bonds. The van der Waals surface area contributed by atoms with Gasteiger partial charge in [0, 0.05) is 21.9 Å². The van der Waals surface area contributed by atoms with E-state index in [1.807, 2.05) is 12.1 Å². The Labute approximate surface area is 156 Å². The molecule has 126 valence electrons. The zero-order chi connectivity index (χ0) is 17.8. The van der Waals surface area contributed by atoms with Crippen LogP contribution in [0.4, 0.5) is 0 Å². The maximum atomic E-state index is 6.34. The molecule has 0 spiro atoms. The maximum Gasteiger partial charge on any atom is 0.143 e. The summed E-state index contributed by atoms with van der Waals surface area (Å²) in [5.41, 5.74) is 4.29. The van der Waals surface area contributed by atoms with Gasteiger partial charge >= 0.3 is 0 Å². The van der Waals surface area contributed by atoms with Crippen molar-refractivity contribution in [3.05, 3.63) is 97.1 Å². The molecule has 0 N–H and O–H groups in total. The van der Waals surface area contributed by atoms with Gasteiger partial charge in [-0.3, -0.25) is 0 Å². The Morgan fingerprint density at radius 2 is 1.07 bits per heavy atom. The van der Waals surface area contributed by atoms with Crippen LogP contribution in [0.1, 0.15) is 0 Å². The fourth-order valence-electron chi connectivity index (χ4n) is 4.25. The fourth-order valence-corrected chi connectivity index (χ4v) is 4.25. The molecule has 27 heavy (non-hydrogen) atoms. The topological polar surface area (TPSA) is 13.1 Å². The first-order chi connectivity index (χ1) is 13.4. The minimum atomic E-state index is 0.935. The van der Waals surface area contributed by atoms with E-state index in [4.69, 9.17) is 4.42 Å². The molecule has 0 fully saturated rings. The molecule has 0 aliphatic rings. The van der Waals surface area contributed by atoms with Crippen LogP contribution < -0.4 is 0 Å². The van der Waals surface area contributed by atoms with Crippen molar-refractivity contribution in [2.45, 2.75) is 0 Å². The van der Waals surface area contributed by atoms with Crippen LogP contribution in [0, 0.1) is 0 Å². The Hall–Kier alpha value is -3.58. The summed E-state index contributed by atoms with van der Waals surface area (Å²) in [6, 6.07) is 34.2. The van der Waals surface area contributed by atoms with E-state index in [0.717, 1.165) is 16.7 Å². The van der Waals surface area contributed by atoms with Crippen molar-refractivity contribution in [3.63, 3.8) is 0 Å². The van der Waals surface area contributed by atoms with Crippen molar-refractivity contribution in [1.29, 1.82) is 0 Å². The van der Waals surface area contributed by atoms with E-state index in [9.17, 15) is 0 Å². The maximum absolute atomic E-state index is 6.34. The van der Waals surface area contributed by atoms with Gasteiger partial charge in [0.05, 0.1) is 0 Å². The smallest absolute Gasteiger partial charge is 0.143 e. The lowest BCUT2D eigenvalue weighted by molar-refractivity contribution is 0.670. The van der Waals surface area contributed by atoms with Gasteiger partial charge in [-0.15, -0.1) is 0 Å². The predicted molar refractivity (Wildman–Crippen MR) is 114 cm³/mol. The second kappa shape index (κ2) is 5.46. The minimum Gasteiger partial charge on any atom is -0.455 e. The number of fused-ring (bicyclic) bond motifs is 5. The Bertz CT molecular complexity index is 1420. The molecule has 0 saturated heterocycles. The lowest BCUT2D eigenvalue weighted by atomic mass is 9.91. The second-order valence-electron chi connectivity index (χ2n) is 6.97. The van der Waals surface area contributed by atoms with Crippen LogP contribution in [0.5, 0.6) is 0 Å². The highest BCUT2D eigenvalue weighted by Crippen LogP contribution is 2.41. The lowest BCUT2D eigenvalue weighted by Crippen LogP contribution is -1.86. The SMILES string of the molecule is c1ccc2c(-c3cccc4c3oc3ccccc34)c3ccccc3cc2c1. The Morgan fingerprint density at radius 1 is 0.481 bits per heavy atom. The summed E-state index contributed by atoms with van der Waals surface area (Å²) in [5, 5.41) is 7.34. The van der Waals surface area contributed by atoms with Gasteiger partial charge in [-0.25, -0.2) is 0 Å². The van der Waals surface area contributed by atoms with Crippen LogP contribution >= 0.6 is 0 Å². The third kappa shape index (κ3) is 2.06. The van der Waals surface area contributed by atoms with Gasteiger partial charge in [0.2, 0.25) is 0 Å². The lowest BCUT2D eigenvalue weighted by Gasteiger charge is -2.12. The van der Waals surface area contributed by atoms with E-state index in [2.05, 4.69) is 84.9 Å². The molecular weight excluding hydrogens is 328 g/mol. The largest absolute Gasteiger partial charge is 0.455 e. The molecule has 0 atom stereocenters. The second-order valence-corrected chi connectivity index (χ2v) is 6.97. The van der Waals surface area contributed by atoms with Gasteiger partial charge < -0.3 is 4.42 Å². The molecule has 5 aromatic carbocycles. The van der Waals surface area contributed by atoms with Crippen molar-refractivity contribution in [1.82, 2.24) is 0 Å². The van der Waals surface area contributed by atoms with Crippen LogP contribution in [0.2, 0.25) is 0 Å². The van der Waals surface area contributed by atoms with E-state index in [0.29, 0.717) is 0 Å². The standard InChI is InChI=1S/C26H16O/c1-3-10-19-17(8-1)16-18-9-2-4-11-20(18)25(19)23-14-7-13-22-21-12-5-6-15-24(21)27-26(22)23/h1-16H. The average molecular weight is 344 g/mol. The number of hydrogen-bond donors (Lipinski definition) is 0. The Kier molecular flexibility index (Phi) is 2.95. The summed E-state index contributed by atoms with van der Waals surface area (Å²) >= 11 is 0. The quantitative estimate of drug-likeness (QED) is 0.280. The van der Waals surface area contributed by atoms with E-state index in [-0.39, 0.29) is 0 Å². The number of para-hydroxylation sites is 2. The minimum absolute atomic E-state index is 0.935. The van der Waals surface area contributed by atoms with Crippen LogP contribution in [0.3, 0.4) is 0 Å². The number of hydrogen-bond acceptors (Lipinski definition) is 1. The number of furan rings is 1. The predicted octanol–water partition coefficient (Wildman–Crippen LogP) is 7.56. The first-order valence-corrected chi connectivity index (χ1v) is 9.21. The third-order valence-electron chi connectivity index (χ3n) is 5.44. The first kappa shape index (κ1) is 14.6. The van der Waals surface area contributed by atoms with Gasteiger partial charge in [0.25, 0.3) is 0 Å². The van der Waals surface area contributed by atoms with Crippen molar-refractivity contribution < 1.29 is 4.42 Å². The van der Waals surface area contributed by atoms with E-state index < -0.39 is 0 Å². The molecule has 0 bridgehead atoms. The van der Waals surface area contributed by atoms with Crippen LogP contribution in [-0.4, -0.2) is 0 Å². The highest BCUT2D eigenvalue weighted by Gasteiger charge is 2.16. The van der Waals surface area contributed by atoms with Crippen LogP contribution in [0.15, 0.2) is 101 Å². The number of benzene rings is 5. The average Bonchev–Trinajstić information content (AvgIpc) is 3.11. The highest BCUT2D eigenvalue weighted by molar-refractivity contribution is 6.18. The fraction of sp³-hybridized carbons (Fsp3) is 0. The van der Waals surface area contributed by atoms with Crippen LogP contribution in [-0.2, 0) is 0 Å². The van der Waals surface area contributed by atoms with Gasteiger partial charge in [-0.05, 0) is 33.7 Å². The summed E-state index contributed by atoms with van der Waals surface area (Å²) in [7, 11) is 0. The molecule has 0 radical (unpaired) electrons. The van der Waals surface area contributed by atoms with Gasteiger partial charge in [0.1, 0.15) is 11.2 Å². The van der Waals surface area contributed by atoms with Gasteiger partial charge in [-0.2, -0.15) is 0 Å². The molecule has 6 rings (SSSR count). The monoisotopic (exact) mass is 344 g/mol. The van der Waals surface area contributed by atoms with Crippen LogP contribution in [0.25, 0.3) is 54.6 Å². The van der Waals surface area contributed by atoms with Crippen molar-refractivity contribution >= 4 is 43.5 Å². The molecule has 1 nitrogen and oxygen atoms in total. The summed E-state index contributed by atoms with van der Waals surface area (Å²) < 4.78 is 6.34. The van der Waals surface area contributed by atoms with E-state index in [1.165, 1.54) is 37.9 Å². The van der Waals surface area contributed by atoms with E-state index in [1.54, 1.807) is 0 Å². The molecule has 1 aromatic heterocycles. The molecule has 1 heteroatoms. The highest BCUT2D eigenvalue weighted by atomic mass is 16.3. The summed E-state index contributed by atoms with van der Waals surface area (Å²) in [5.74, 6) is 0. The van der Waals surface area contributed by atoms with Crippen molar-refractivity contribution in [2.24, 2.45) is 0 Å². The third-order valence-corrected chi connectivity index (χ3v) is 5.44. The Balaban J connectivity index is 1.85. The molecule has 1 heterocycles. The first-order valence-electron chi connectivity index (χ1n) is 9.21. The normalized spacial score (nSPS) is 11.7. The zero-order valence-electron chi connectivity index (χ0n) is 14.6.